The van der Waals surface area contributed by atoms with Crippen LogP contribution in [0, 0.1) is 0 Å². The molecule has 1 amide bonds. The first-order valence-corrected chi connectivity index (χ1v) is 9.24. The van der Waals surface area contributed by atoms with Gasteiger partial charge in [-0.15, -0.1) is 0 Å². The van der Waals surface area contributed by atoms with Crippen molar-refractivity contribution in [1.82, 2.24) is 15.0 Å². The predicted octanol–water partition coefficient (Wildman–Crippen LogP) is 1.71. The highest BCUT2D eigenvalue weighted by Crippen LogP contribution is 2.16. The van der Waals surface area contributed by atoms with Gasteiger partial charge >= 0.3 is 0 Å². The van der Waals surface area contributed by atoms with Crippen LogP contribution in [-0.4, -0.2) is 32.5 Å². The van der Waals surface area contributed by atoms with Crippen molar-refractivity contribution in [2.24, 2.45) is 0 Å². The number of carbonyl (C=O) groups is 1. The SMILES string of the molecule is CNS(=O)(=O)c1ccc(C(=O)NCc2cccnc2OC(C)C)cc1. The number of hydrogen-bond donors (Lipinski definition) is 2. The number of nitrogens with one attached hydrogen (secondary N) is 2. The van der Waals surface area contributed by atoms with E-state index in [2.05, 4.69) is 15.0 Å². The maximum Gasteiger partial charge on any atom is 0.251 e. The summed E-state index contributed by atoms with van der Waals surface area (Å²) in [6.07, 6.45) is 1.61. The van der Waals surface area contributed by atoms with Crippen LogP contribution in [0.25, 0.3) is 0 Å². The molecule has 0 aliphatic heterocycles. The summed E-state index contributed by atoms with van der Waals surface area (Å²) in [4.78, 5) is 16.5. The van der Waals surface area contributed by atoms with Gasteiger partial charge in [-0.25, -0.2) is 18.1 Å². The number of sulfonamides is 1. The van der Waals surface area contributed by atoms with Gasteiger partial charge in [0.1, 0.15) is 0 Å². The van der Waals surface area contributed by atoms with E-state index in [9.17, 15) is 13.2 Å². The summed E-state index contributed by atoms with van der Waals surface area (Å²) in [6.45, 7) is 4.06. The third-order valence-electron chi connectivity index (χ3n) is 3.33. The fourth-order valence-electron chi connectivity index (χ4n) is 2.07. The molecule has 2 aromatic rings. The van der Waals surface area contributed by atoms with E-state index in [4.69, 9.17) is 4.74 Å². The number of aromatic nitrogens is 1. The molecular weight excluding hydrogens is 342 g/mol. The van der Waals surface area contributed by atoms with E-state index < -0.39 is 10.0 Å². The van der Waals surface area contributed by atoms with Gasteiger partial charge in [0.25, 0.3) is 5.91 Å². The Kier molecular flexibility index (Phi) is 6.11. The van der Waals surface area contributed by atoms with Crippen molar-refractivity contribution in [2.45, 2.75) is 31.4 Å². The van der Waals surface area contributed by atoms with E-state index >= 15 is 0 Å². The lowest BCUT2D eigenvalue weighted by atomic mass is 10.2. The minimum Gasteiger partial charge on any atom is -0.475 e. The van der Waals surface area contributed by atoms with Gasteiger partial charge in [0.15, 0.2) is 0 Å². The van der Waals surface area contributed by atoms with Crippen LogP contribution in [-0.2, 0) is 16.6 Å². The van der Waals surface area contributed by atoms with Crippen molar-refractivity contribution in [1.29, 1.82) is 0 Å². The Balaban J connectivity index is 2.06. The van der Waals surface area contributed by atoms with Crippen LogP contribution in [0.5, 0.6) is 5.88 Å². The highest BCUT2D eigenvalue weighted by atomic mass is 32.2. The van der Waals surface area contributed by atoms with Crippen molar-refractivity contribution >= 4 is 15.9 Å². The van der Waals surface area contributed by atoms with E-state index in [-0.39, 0.29) is 23.5 Å². The number of amides is 1. The van der Waals surface area contributed by atoms with E-state index in [0.717, 1.165) is 5.56 Å². The van der Waals surface area contributed by atoms with E-state index in [1.54, 1.807) is 12.3 Å². The fraction of sp³-hybridized carbons (Fsp3) is 0.294. The molecule has 0 bridgehead atoms. The first kappa shape index (κ1) is 18.9. The fourth-order valence-corrected chi connectivity index (χ4v) is 2.80. The Morgan fingerprint density at radius 1 is 1.20 bits per heavy atom. The summed E-state index contributed by atoms with van der Waals surface area (Å²) >= 11 is 0. The van der Waals surface area contributed by atoms with Crippen LogP contribution < -0.4 is 14.8 Å². The van der Waals surface area contributed by atoms with Crippen molar-refractivity contribution in [3.8, 4) is 5.88 Å². The average Bonchev–Trinajstić information content (AvgIpc) is 2.60. The third-order valence-corrected chi connectivity index (χ3v) is 4.76. The summed E-state index contributed by atoms with van der Waals surface area (Å²) < 4.78 is 31.2. The molecule has 0 spiro atoms. The molecule has 0 aliphatic rings. The monoisotopic (exact) mass is 363 g/mol. The predicted molar refractivity (Wildman–Crippen MR) is 93.9 cm³/mol. The molecule has 0 fully saturated rings. The number of ether oxygens (including phenoxy) is 1. The summed E-state index contributed by atoms with van der Waals surface area (Å²) in [6, 6.07) is 9.30. The van der Waals surface area contributed by atoms with Crippen molar-refractivity contribution in [3.63, 3.8) is 0 Å². The van der Waals surface area contributed by atoms with Gasteiger partial charge in [-0.2, -0.15) is 0 Å². The van der Waals surface area contributed by atoms with Gasteiger partial charge in [0, 0.05) is 23.9 Å². The quantitative estimate of drug-likeness (QED) is 0.780. The first-order valence-electron chi connectivity index (χ1n) is 7.76. The number of nitrogens with zero attached hydrogens (tertiary/aromatic N) is 1. The summed E-state index contributed by atoms with van der Waals surface area (Å²) in [5.41, 5.74) is 1.13. The van der Waals surface area contributed by atoms with Gasteiger partial charge in [0.05, 0.1) is 11.0 Å². The molecule has 2 N–H and O–H groups in total. The Morgan fingerprint density at radius 3 is 2.48 bits per heavy atom. The highest BCUT2D eigenvalue weighted by Gasteiger charge is 2.13. The van der Waals surface area contributed by atoms with Crippen LogP contribution in [0.15, 0.2) is 47.5 Å². The maximum atomic E-state index is 12.2. The van der Waals surface area contributed by atoms with Crippen LogP contribution in [0.4, 0.5) is 0 Å². The molecule has 0 unspecified atom stereocenters. The molecule has 1 heterocycles. The molecule has 0 atom stereocenters. The van der Waals surface area contributed by atoms with Gasteiger partial charge in [0.2, 0.25) is 15.9 Å². The average molecular weight is 363 g/mol. The maximum absolute atomic E-state index is 12.2. The normalized spacial score (nSPS) is 11.4. The smallest absolute Gasteiger partial charge is 0.251 e. The van der Waals surface area contributed by atoms with Crippen LogP contribution in [0.3, 0.4) is 0 Å². The lowest BCUT2D eigenvalue weighted by Crippen LogP contribution is -2.24. The van der Waals surface area contributed by atoms with Crippen LogP contribution in [0.1, 0.15) is 29.8 Å². The molecule has 0 radical (unpaired) electrons. The first-order chi connectivity index (χ1) is 11.8. The zero-order valence-electron chi connectivity index (χ0n) is 14.3. The molecule has 0 saturated carbocycles. The second-order valence-corrected chi connectivity index (χ2v) is 7.44. The van der Waals surface area contributed by atoms with Crippen molar-refractivity contribution in [3.05, 3.63) is 53.7 Å². The van der Waals surface area contributed by atoms with E-state index in [1.807, 2.05) is 19.9 Å². The molecular formula is C17H21N3O4S. The number of rotatable bonds is 7. The number of carbonyl (C=O) groups excluding carboxylic acids is 1. The molecule has 0 saturated heterocycles. The number of benzene rings is 1. The Labute approximate surface area is 147 Å². The molecule has 1 aromatic carbocycles. The molecule has 25 heavy (non-hydrogen) atoms. The Morgan fingerprint density at radius 2 is 1.88 bits per heavy atom. The summed E-state index contributed by atoms with van der Waals surface area (Å²) in [7, 11) is -2.19. The lowest BCUT2D eigenvalue weighted by molar-refractivity contribution is 0.0950. The lowest BCUT2D eigenvalue weighted by Gasteiger charge is -2.13. The summed E-state index contributed by atoms with van der Waals surface area (Å²) in [5.74, 6) is 0.168. The van der Waals surface area contributed by atoms with Gasteiger partial charge in [-0.3, -0.25) is 4.79 Å². The largest absolute Gasteiger partial charge is 0.475 e. The van der Waals surface area contributed by atoms with Crippen molar-refractivity contribution < 1.29 is 17.9 Å². The van der Waals surface area contributed by atoms with Crippen LogP contribution in [0.2, 0.25) is 0 Å². The molecule has 7 nitrogen and oxygen atoms in total. The second kappa shape index (κ2) is 8.09. The number of hydrogen-bond acceptors (Lipinski definition) is 5. The molecule has 1 aromatic heterocycles. The molecule has 0 aliphatic carbocycles. The molecule has 134 valence electrons. The van der Waals surface area contributed by atoms with E-state index in [1.165, 1.54) is 31.3 Å². The third kappa shape index (κ3) is 5.01. The van der Waals surface area contributed by atoms with Gasteiger partial charge in [-0.05, 0) is 51.2 Å². The standard InChI is InChI=1S/C17H21N3O4S/c1-12(2)24-17-14(5-4-10-19-17)11-20-16(21)13-6-8-15(9-7-13)25(22,23)18-3/h4-10,12,18H,11H2,1-3H3,(H,20,21). The number of pyridine rings is 1. The minimum atomic E-state index is -3.52. The molecule has 2 rings (SSSR count). The van der Waals surface area contributed by atoms with Crippen molar-refractivity contribution in [2.75, 3.05) is 7.05 Å². The van der Waals surface area contributed by atoms with Crippen LogP contribution >= 0.6 is 0 Å². The van der Waals surface area contributed by atoms with Gasteiger partial charge in [-0.1, -0.05) is 6.07 Å². The Hall–Kier alpha value is -2.45. The zero-order valence-corrected chi connectivity index (χ0v) is 15.1. The zero-order chi connectivity index (χ0) is 18.4. The van der Waals surface area contributed by atoms with E-state index in [0.29, 0.717) is 11.4 Å². The Bertz CT molecular complexity index is 833. The topological polar surface area (TPSA) is 97.4 Å². The minimum absolute atomic E-state index is 0.0222. The summed E-state index contributed by atoms with van der Waals surface area (Å²) in [5, 5.41) is 2.78. The second-order valence-electron chi connectivity index (χ2n) is 5.55. The highest BCUT2D eigenvalue weighted by molar-refractivity contribution is 7.89. The van der Waals surface area contributed by atoms with Gasteiger partial charge < -0.3 is 10.1 Å². The molecule has 8 heteroatoms.